The van der Waals surface area contributed by atoms with Gasteiger partial charge in [-0.3, -0.25) is 4.79 Å². The number of hydrogen-bond acceptors (Lipinski definition) is 4. The highest BCUT2D eigenvalue weighted by Gasteiger charge is 2.32. The topological polar surface area (TPSA) is 60.4 Å². The molecule has 0 N–H and O–H groups in total. The SMILES string of the molecule is O=C([O-])CCN1C(=O)CS[C@H]1c1ccc(F)cc1. The van der Waals surface area contributed by atoms with Gasteiger partial charge in [-0.15, -0.1) is 11.8 Å². The lowest BCUT2D eigenvalue weighted by Gasteiger charge is -2.24. The van der Waals surface area contributed by atoms with Crippen LogP contribution < -0.4 is 5.11 Å². The number of rotatable bonds is 4. The van der Waals surface area contributed by atoms with E-state index in [9.17, 15) is 19.1 Å². The first-order chi connectivity index (χ1) is 8.58. The first-order valence-corrected chi connectivity index (χ1v) is 6.49. The lowest BCUT2D eigenvalue weighted by atomic mass is 10.2. The Morgan fingerprint density at radius 1 is 1.44 bits per heavy atom. The Morgan fingerprint density at radius 2 is 2.11 bits per heavy atom. The third kappa shape index (κ3) is 2.81. The van der Waals surface area contributed by atoms with Crippen molar-refractivity contribution in [1.82, 2.24) is 4.90 Å². The molecule has 1 aliphatic heterocycles. The molecule has 0 spiro atoms. The van der Waals surface area contributed by atoms with Gasteiger partial charge in [-0.25, -0.2) is 4.39 Å². The van der Waals surface area contributed by atoms with E-state index in [0.717, 1.165) is 5.56 Å². The molecule has 1 fully saturated rings. The summed E-state index contributed by atoms with van der Waals surface area (Å²) in [4.78, 5) is 23.6. The first-order valence-electron chi connectivity index (χ1n) is 5.44. The van der Waals surface area contributed by atoms with Crippen LogP contribution >= 0.6 is 11.8 Å². The summed E-state index contributed by atoms with van der Waals surface area (Å²) in [5.41, 5.74) is 0.797. The Kier molecular flexibility index (Phi) is 3.86. The minimum atomic E-state index is -1.18. The standard InChI is InChI=1S/C12H12FNO3S/c13-9-3-1-8(2-4-9)12-14(6-5-11(16)17)10(15)7-18-12/h1-4,12H,5-7H2,(H,16,17)/p-1/t12-/m0/s1. The van der Waals surface area contributed by atoms with E-state index in [2.05, 4.69) is 0 Å². The molecule has 96 valence electrons. The summed E-state index contributed by atoms with van der Waals surface area (Å²) in [5.74, 6) is -1.31. The largest absolute Gasteiger partial charge is 0.550 e. The average molecular weight is 268 g/mol. The number of hydrogen-bond donors (Lipinski definition) is 0. The van der Waals surface area contributed by atoms with E-state index in [4.69, 9.17) is 0 Å². The fourth-order valence-electron chi connectivity index (χ4n) is 1.81. The zero-order valence-electron chi connectivity index (χ0n) is 9.47. The summed E-state index contributed by atoms with van der Waals surface area (Å²) in [5, 5.41) is 10.2. The van der Waals surface area contributed by atoms with Crippen molar-refractivity contribution in [3.63, 3.8) is 0 Å². The summed E-state index contributed by atoms with van der Waals surface area (Å²) >= 11 is 1.41. The van der Waals surface area contributed by atoms with Crippen LogP contribution in [-0.2, 0) is 9.59 Å². The molecule has 0 aliphatic carbocycles. The van der Waals surface area contributed by atoms with E-state index in [0.29, 0.717) is 5.75 Å². The van der Waals surface area contributed by atoms with Gasteiger partial charge in [0, 0.05) is 18.9 Å². The Hall–Kier alpha value is -1.56. The van der Waals surface area contributed by atoms with Crippen molar-refractivity contribution in [3.8, 4) is 0 Å². The Labute approximate surface area is 108 Å². The van der Waals surface area contributed by atoms with Gasteiger partial charge >= 0.3 is 0 Å². The highest BCUT2D eigenvalue weighted by atomic mass is 32.2. The molecule has 0 saturated carbocycles. The van der Waals surface area contributed by atoms with E-state index in [1.54, 1.807) is 12.1 Å². The summed E-state index contributed by atoms with van der Waals surface area (Å²) in [6.45, 7) is 0.121. The number of carbonyl (C=O) groups is 2. The van der Waals surface area contributed by atoms with Crippen molar-refractivity contribution in [2.45, 2.75) is 11.8 Å². The van der Waals surface area contributed by atoms with Crippen LogP contribution in [0.1, 0.15) is 17.4 Å². The maximum Gasteiger partial charge on any atom is 0.233 e. The van der Waals surface area contributed by atoms with E-state index >= 15 is 0 Å². The fraction of sp³-hybridized carbons (Fsp3) is 0.333. The highest BCUT2D eigenvalue weighted by Crippen LogP contribution is 2.38. The third-order valence-electron chi connectivity index (χ3n) is 2.68. The number of amides is 1. The van der Waals surface area contributed by atoms with Crippen molar-refractivity contribution >= 4 is 23.6 Å². The minimum Gasteiger partial charge on any atom is -0.550 e. The van der Waals surface area contributed by atoms with E-state index in [1.165, 1.54) is 28.8 Å². The van der Waals surface area contributed by atoms with Crippen molar-refractivity contribution < 1.29 is 19.1 Å². The maximum atomic E-state index is 12.8. The van der Waals surface area contributed by atoms with Crippen molar-refractivity contribution in [2.24, 2.45) is 0 Å². The molecule has 1 amide bonds. The second kappa shape index (κ2) is 5.39. The maximum absolute atomic E-state index is 12.8. The molecule has 0 bridgehead atoms. The van der Waals surface area contributed by atoms with Crippen molar-refractivity contribution in [3.05, 3.63) is 35.6 Å². The van der Waals surface area contributed by atoms with Crippen LogP contribution in [0.3, 0.4) is 0 Å². The molecule has 0 aromatic heterocycles. The second-order valence-corrected chi connectivity index (χ2v) is 4.99. The molecular weight excluding hydrogens is 257 g/mol. The zero-order chi connectivity index (χ0) is 13.1. The molecule has 0 radical (unpaired) electrons. The molecule has 1 aliphatic rings. The normalized spacial score (nSPS) is 19.3. The van der Waals surface area contributed by atoms with Gasteiger partial charge in [-0.2, -0.15) is 0 Å². The molecule has 1 atom stereocenters. The first kappa shape index (κ1) is 12.9. The van der Waals surface area contributed by atoms with Crippen LogP contribution in [0.4, 0.5) is 4.39 Å². The van der Waals surface area contributed by atoms with Gasteiger partial charge in [0.05, 0.1) is 5.75 Å². The number of halogens is 1. The van der Waals surface area contributed by atoms with E-state index in [1.807, 2.05) is 0 Å². The van der Waals surface area contributed by atoms with Gasteiger partial charge in [-0.05, 0) is 17.7 Å². The van der Waals surface area contributed by atoms with Crippen LogP contribution in [-0.4, -0.2) is 29.1 Å². The third-order valence-corrected chi connectivity index (χ3v) is 3.94. The zero-order valence-corrected chi connectivity index (χ0v) is 10.3. The molecule has 6 heteroatoms. The van der Waals surface area contributed by atoms with Crippen LogP contribution in [0.5, 0.6) is 0 Å². The lowest BCUT2D eigenvalue weighted by Crippen LogP contribution is -2.33. The van der Waals surface area contributed by atoms with Gasteiger partial charge in [0.2, 0.25) is 5.91 Å². The Balaban J connectivity index is 2.13. The molecule has 1 heterocycles. The average Bonchev–Trinajstić information content (AvgIpc) is 2.69. The quantitative estimate of drug-likeness (QED) is 0.799. The molecular formula is C12H11FNO3S-. The number of carboxylic acid groups (broad SMARTS) is 1. The van der Waals surface area contributed by atoms with Gasteiger partial charge < -0.3 is 14.8 Å². The van der Waals surface area contributed by atoms with Crippen LogP contribution in [0.25, 0.3) is 0 Å². The van der Waals surface area contributed by atoms with Crippen LogP contribution in [0.2, 0.25) is 0 Å². The van der Waals surface area contributed by atoms with Crippen molar-refractivity contribution in [1.29, 1.82) is 0 Å². The number of carbonyl (C=O) groups excluding carboxylic acids is 2. The number of benzene rings is 1. The Morgan fingerprint density at radius 3 is 2.72 bits per heavy atom. The van der Waals surface area contributed by atoms with E-state index < -0.39 is 5.97 Å². The summed E-state index contributed by atoms with van der Waals surface area (Å²) < 4.78 is 12.8. The predicted molar refractivity (Wildman–Crippen MR) is 62.9 cm³/mol. The van der Waals surface area contributed by atoms with Gasteiger partial charge in [-0.1, -0.05) is 12.1 Å². The summed E-state index contributed by atoms with van der Waals surface area (Å²) in [7, 11) is 0. The van der Waals surface area contributed by atoms with Crippen LogP contribution in [0, 0.1) is 5.82 Å². The monoisotopic (exact) mass is 268 g/mol. The van der Waals surface area contributed by atoms with Gasteiger partial charge in [0.15, 0.2) is 0 Å². The highest BCUT2D eigenvalue weighted by molar-refractivity contribution is 8.00. The summed E-state index contributed by atoms with van der Waals surface area (Å²) in [6, 6.07) is 5.88. The smallest absolute Gasteiger partial charge is 0.233 e. The molecule has 1 saturated heterocycles. The minimum absolute atomic E-state index is 0.101. The molecule has 1 aromatic rings. The van der Waals surface area contributed by atoms with Gasteiger partial charge in [0.25, 0.3) is 0 Å². The van der Waals surface area contributed by atoms with Gasteiger partial charge in [0.1, 0.15) is 11.2 Å². The molecule has 1 aromatic carbocycles. The lowest BCUT2D eigenvalue weighted by molar-refractivity contribution is -0.305. The molecule has 0 unspecified atom stereocenters. The number of nitrogens with zero attached hydrogens (tertiary/aromatic N) is 1. The van der Waals surface area contributed by atoms with Crippen LogP contribution in [0.15, 0.2) is 24.3 Å². The number of aliphatic carboxylic acids is 1. The fourth-order valence-corrected chi connectivity index (χ4v) is 3.03. The molecule has 18 heavy (non-hydrogen) atoms. The number of thioether (sulfide) groups is 1. The van der Waals surface area contributed by atoms with Crippen molar-refractivity contribution in [2.75, 3.05) is 12.3 Å². The van der Waals surface area contributed by atoms with E-state index in [-0.39, 0.29) is 30.1 Å². The summed E-state index contributed by atoms with van der Waals surface area (Å²) in [6.07, 6.45) is -0.190. The second-order valence-electron chi connectivity index (χ2n) is 3.92. The predicted octanol–water partition coefficient (Wildman–Crippen LogP) is 0.540. The Bertz CT molecular complexity index is 463. The molecule has 4 nitrogen and oxygen atoms in total. The molecule has 2 rings (SSSR count). The number of carboxylic acids is 1.